The van der Waals surface area contributed by atoms with Crippen LogP contribution in [0.15, 0.2) is 108 Å². The molecule has 1 heterocycles. The van der Waals surface area contributed by atoms with Crippen molar-refractivity contribution in [3.05, 3.63) is 130 Å². The van der Waals surface area contributed by atoms with Crippen LogP contribution in [0.4, 0.5) is 0 Å². The van der Waals surface area contributed by atoms with Gasteiger partial charge in [0, 0.05) is 26.5 Å². The standard InChI is InChI=1S/C29H17BrO/c30-25-14-7-13-23-27(25)20-10-3-4-11-21(20)29(23)22-12-5-6-15-26(22)31-28-19-9-2-1-8-18(19)16-17-24(28)29/h1-17H. The smallest absolute Gasteiger partial charge is 0.140 e. The van der Waals surface area contributed by atoms with E-state index in [-0.39, 0.29) is 0 Å². The third kappa shape index (κ3) is 2.06. The zero-order valence-electron chi connectivity index (χ0n) is 16.6. The molecule has 1 aliphatic heterocycles. The fourth-order valence-corrected chi connectivity index (χ4v) is 6.21. The molecule has 2 heteroatoms. The van der Waals surface area contributed by atoms with E-state index in [9.17, 15) is 0 Å². The third-order valence-electron chi connectivity index (χ3n) is 6.80. The van der Waals surface area contributed by atoms with Crippen LogP contribution in [0.5, 0.6) is 11.5 Å². The molecule has 0 aromatic heterocycles. The van der Waals surface area contributed by atoms with Crippen molar-refractivity contribution in [2.75, 3.05) is 0 Å². The number of fused-ring (bicyclic) bond motifs is 11. The number of ether oxygens (including phenoxy) is 1. The molecule has 2 aliphatic rings. The maximum atomic E-state index is 6.63. The molecule has 1 aliphatic carbocycles. The Hall–Kier alpha value is -3.36. The Balaban J connectivity index is 1.74. The van der Waals surface area contributed by atoms with Crippen molar-refractivity contribution in [1.29, 1.82) is 0 Å². The van der Waals surface area contributed by atoms with Crippen molar-refractivity contribution in [2.45, 2.75) is 5.41 Å². The second-order valence-corrected chi connectivity index (χ2v) is 9.07. The lowest BCUT2D eigenvalue weighted by Crippen LogP contribution is -2.32. The monoisotopic (exact) mass is 460 g/mol. The Bertz CT molecular complexity index is 1530. The van der Waals surface area contributed by atoms with Crippen molar-refractivity contribution >= 4 is 26.7 Å². The van der Waals surface area contributed by atoms with Gasteiger partial charge in [-0.15, -0.1) is 0 Å². The predicted octanol–water partition coefficient (Wildman–Crippen LogP) is 8.07. The molecule has 1 nitrogen and oxygen atoms in total. The summed E-state index contributed by atoms with van der Waals surface area (Å²) in [5, 5.41) is 2.34. The molecule has 0 saturated carbocycles. The normalized spacial score (nSPS) is 17.6. The molecular weight excluding hydrogens is 444 g/mol. The quantitative estimate of drug-likeness (QED) is 0.222. The van der Waals surface area contributed by atoms with Gasteiger partial charge in [-0.05, 0) is 34.2 Å². The highest BCUT2D eigenvalue weighted by Crippen LogP contribution is 2.63. The molecule has 7 rings (SSSR count). The van der Waals surface area contributed by atoms with E-state index in [1.807, 2.05) is 0 Å². The second kappa shape index (κ2) is 6.09. The van der Waals surface area contributed by atoms with Crippen LogP contribution in [0.1, 0.15) is 22.3 Å². The fraction of sp³-hybridized carbons (Fsp3) is 0.0345. The van der Waals surface area contributed by atoms with Crippen molar-refractivity contribution in [1.82, 2.24) is 0 Å². The van der Waals surface area contributed by atoms with Crippen LogP contribution in [-0.4, -0.2) is 0 Å². The third-order valence-corrected chi connectivity index (χ3v) is 7.47. The summed E-state index contributed by atoms with van der Waals surface area (Å²) in [5.41, 5.74) is 7.15. The Morgan fingerprint density at radius 2 is 1.32 bits per heavy atom. The van der Waals surface area contributed by atoms with Gasteiger partial charge in [0.15, 0.2) is 0 Å². The van der Waals surface area contributed by atoms with E-state index < -0.39 is 5.41 Å². The van der Waals surface area contributed by atoms with Gasteiger partial charge in [0.25, 0.3) is 0 Å². The van der Waals surface area contributed by atoms with Crippen LogP contribution in [-0.2, 0) is 5.41 Å². The molecule has 0 N–H and O–H groups in total. The van der Waals surface area contributed by atoms with Crippen LogP contribution < -0.4 is 4.74 Å². The molecule has 5 aromatic rings. The van der Waals surface area contributed by atoms with E-state index in [2.05, 4.69) is 119 Å². The van der Waals surface area contributed by atoms with Gasteiger partial charge in [-0.3, -0.25) is 0 Å². The number of hydrogen-bond acceptors (Lipinski definition) is 1. The number of rotatable bonds is 0. The first-order valence-corrected chi connectivity index (χ1v) is 11.3. The van der Waals surface area contributed by atoms with Gasteiger partial charge in [-0.1, -0.05) is 107 Å². The van der Waals surface area contributed by atoms with Crippen molar-refractivity contribution in [3.8, 4) is 22.6 Å². The van der Waals surface area contributed by atoms with Crippen molar-refractivity contribution in [3.63, 3.8) is 0 Å². The Kier molecular flexibility index (Phi) is 3.40. The van der Waals surface area contributed by atoms with Crippen LogP contribution in [0.3, 0.4) is 0 Å². The average Bonchev–Trinajstić information content (AvgIpc) is 3.12. The molecule has 31 heavy (non-hydrogen) atoms. The minimum atomic E-state index is -0.413. The first-order valence-electron chi connectivity index (χ1n) is 10.5. The second-order valence-electron chi connectivity index (χ2n) is 8.22. The maximum Gasteiger partial charge on any atom is 0.140 e. The van der Waals surface area contributed by atoms with Crippen molar-refractivity contribution < 1.29 is 4.74 Å². The highest BCUT2D eigenvalue weighted by Gasteiger charge is 2.51. The Morgan fingerprint density at radius 3 is 2.26 bits per heavy atom. The first-order chi connectivity index (χ1) is 15.3. The summed E-state index contributed by atoms with van der Waals surface area (Å²) in [5.74, 6) is 1.88. The summed E-state index contributed by atoms with van der Waals surface area (Å²) in [4.78, 5) is 0. The summed E-state index contributed by atoms with van der Waals surface area (Å²) < 4.78 is 7.75. The first kappa shape index (κ1) is 17.3. The van der Waals surface area contributed by atoms with E-state index in [0.717, 1.165) is 21.4 Å². The van der Waals surface area contributed by atoms with Crippen LogP contribution >= 0.6 is 15.9 Å². The van der Waals surface area contributed by atoms with Gasteiger partial charge in [0.05, 0.1) is 5.41 Å². The molecule has 5 aromatic carbocycles. The lowest BCUT2D eigenvalue weighted by Gasteiger charge is -2.39. The fourth-order valence-electron chi connectivity index (χ4n) is 5.63. The number of para-hydroxylation sites is 1. The Labute approximate surface area is 189 Å². The molecule has 0 bridgehead atoms. The summed E-state index contributed by atoms with van der Waals surface area (Å²) in [6.45, 7) is 0. The highest BCUT2D eigenvalue weighted by molar-refractivity contribution is 9.10. The molecule has 0 amide bonds. The molecule has 1 unspecified atom stereocenters. The van der Waals surface area contributed by atoms with Gasteiger partial charge in [0.2, 0.25) is 0 Å². The topological polar surface area (TPSA) is 9.23 Å². The van der Waals surface area contributed by atoms with Gasteiger partial charge in [0.1, 0.15) is 11.5 Å². The summed E-state index contributed by atoms with van der Waals surface area (Å²) in [6, 6.07) is 36.9. The van der Waals surface area contributed by atoms with Gasteiger partial charge in [-0.25, -0.2) is 0 Å². The number of hydrogen-bond donors (Lipinski definition) is 0. The largest absolute Gasteiger partial charge is 0.456 e. The molecule has 0 radical (unpaired) electrons. The van der Waals surface area contributed by atoms with Gasteiger partial charge >= 0.3 is 0 Å². The van der Waals surface area contributed by atoms with E-state index in [1.165, 1.54) is 38.8 Å². The van der Waals surface area contributed by atoms with Crippen LogP contribution in [0.2, 0.25) is 0 Å². The minimum absolute atomic E-state index is 0.413. The number of benzene rings is 5. The van der Waals surface area contributed by atoms with E-state index >= 15 is 0 Å². The van der Waals surface area contributed by atoms with E-state index in [1.54, 1.807) is 0 Å². The zero-order chi connectivity index (χ0) is 20.6. The van der Waals surface area contributed by atoms with E-state index in [4.69, 9.17) is 4.74 Å². The lowest BCUT2D eigenvalue weighted by atomic mass is 9.66. The SMILES string of the molecule is Brc1cccc2c1-c1ccccc1C21c2ccccc2Oc2c1ccc1ccccc21. The predicted molar refractivity (Wildman–Crippen MR) is 129 cm³/mol. The van der Waals surface area contributed by atoms with Crippen molar-refractivity contribution in [2.24, 2.45) is 0 Å². The van der Waals surface area contributed by atoms with Crippen LogP contribution in [0.25, 0.3) is 21.9 Å². The summed E-state index contributed by atoms with van der Waals surface area (Å²) in [6.07, 6.45) is 0. The molecular formula is C29H17BrO. The maximum absolute atomic E-state index is 6.63. The highest BCUT2D eigenvalue weighted by atomic mass is 79.9. The van der Waals surface area contributed by atoms with E-state index in [0.29, 0.717) is 0 Å². The number of halogens is 1. The van der Waals surface area contributed by atoms with Gasteiger partial charge < -0.3 is 4.74 Å². The van der Waals surface area contributed by atoms with Crippen LogP contribution in [0, 0.1) is 0 Å². The molecule has 1 atom stereocenters. The molecule has 146 valence electrons. The average molecular weight is 461 g/mol. The lowest BCUT2D eigenvalue weighted by molar-refractivity contribution is 0.441. The summed E-state index contributed by atoms with van der Waals surface area (Å²) in [7, 11) is 0. The zero-order valence-corrected chi connectivity index (χ0v) is 18.2. The Morgan fingerprint density at radius 1 is 0.581 bits per heavy atom. The van der Waals surface area contributed by atoms with Gasteiger partial charge in [-0.2, -0.15) is 0 Å². The summed E-state index contributed by atoms with van der Waals surface area (Å²) >= 11 is 3.86. The minimum Gasteiger partial charge on any atom is -0.456 e. The molecule has 0 saturated heterocycles. The molecule has 1 spiro atoms. The molecule has 0 fully saturated rings.